The summed E-state index contributed by atoms with van der Waals surface area (Å²) in [5.41, 5.74) is 0. The van der Waals surface area contributed by atoms with Crippen LogP contribution in [0.15, 0.2) is 24.3 Å². The number of likely N-dealkylation sites (N-methyl/N-ethyl adjacent to an activating group) is 1. The monoisotopic (exact) mass is 233 g/mol. The fraction of sp³-hybridized carbons (Fsp3) is 0.667. The van der Waals surface area contributed by atoms with Gasteiger partial charge < -0.3 is 4.90 Å². The average molecular weight is 233 g/mol. The summed E-state index contributed by atoms with van der Waals surface area (Å²) in [4.78, 5) is 13.9. The molecule has 0 heterocycles. The van der Waals surface area contributed by atoms with Crippen LogP contribution in [0, 0.1) is 11.8 Å². The SMILES string of the molecule is CCN(C/C=C\C1CC=CCC1)C(=O)C1CC1. The quantitative estimate of drug-likeness (QED) is 0.668. The first kappa shape index (κ1) is 12.4. The third-order valence-corrected chi connectivity index (χ3v) is 3.66. The molecule has 2 aliphatic rings. The van der Waals surface area contributed by atoms with Gasteiger partial charge in [-0.3, -0.25) is 4.79 Å². The maximum Gasteiger partial charge on any atom is 0.225 e. The summed E-state index contributed by atoms with van der Waals surface area (Å²) >= 11 is 0. The highest BCUT2D eigenvalue weighted by atomic mass is 16.2. The van der Waals surface area contributed by atoms with E-state index in [2.05, 4.69) is 31.2 Å². The molecule has 0 spiro atoms. The number of rotatable bonds is 5. The van der Waals surface area contributed by atoms with Gasteiger partial charge >= 0.3 is 0 Å². The van der Waals surface area contributed by atoms with Crippen molar-refractivity contribution in [2.75, 3.05) is 13.1 Å². The van der Waals surface area contributed by atoms with Gasteiger partial charge in [-0.2, -0.15) is 0 Å². The molecule has 1 unspecified atom stereocenters. The molecule has 2 rings (SSSR count). The molecule has 94 valence electrons. The zero-order valence-corrected chi connectivity index (χ0v) is 10.8. The van der Waals surface area contributed by atoms with E-state index in [0.717, 1.165) is 25.9 Å². The molecule has 0 radical (unpaired) electrons. The van der Waals surface area contributed by atoms with Gasteiger partial charge in [-0.1, -0.05) is 24.3 Å². The molecule has 2 nitrogen and oxygen atoms in total. The van der Waals surface area contributed by atoms with E-state index in [-0.39, 0.29) is 0 Å². The van der Waals surface area contributed by atoms with Crippen molar-refractivity contribution in [1.29, 1.82) is 0 Å². The van der Waals surface area contributed by atoms with Crippen molar-refractivity contribution in [2.45, 2.75) is 39.0 Å². The summed E-state index contributed by atoms with van der Waals surface area (Å²) in [5.74, 6) is 1.40. The van der Waals surface area contributed by atoms with Gasteiger partial charge in [-0.15, -0.1) is 0 Å². The summed E-state index contributed by atoms with van der Waals surface area (Å²) in [6.07, 6.45) is 14.9. The average Bonchev–Trinajstić information content (AvgIpc) is 3.19. The van der Waals surface area contributed by atoms with Crippen LogP contribution in [0.4, 0.5) is 0 Å². The molecule has 1 saturated carbocycles. The van der Waals surface area contributed by atoms with Gasteiger partial charge in [0.1, 0.15) is 0 Å². The molecule has 0 bridgehead atoms. The summed E-state index contributed by atoms with van der Waals surface area (Å²) in [6, 6.07) is 0. The van der Waals surface area contributed by atoms with Crippen molar-refractivity contribution in [3.63, 3.8) is 0 Å². The smallest absolute Gasteiger partial charge is 0.225 e. The molecule has 17 heavy (non-hydrogen) atoms. The van der Waals surface area contributed by atoms with Crippen molar-refractivity contribution >= 4 is 5.91 Å². The van der Waals surface area contributed by atoms with Gasteiger partial charge in [-0.25, -0.2) is 0 Å². The van der Waals surface area contributed by atoms with Crippen LogP contribution < -0.4 is 0 Å². The Morgan fingerprint density at radius 3 is 2.76 bits per heavy atom. The van der Waals surface area contributed by atoms with E-state index < -0.39 is 0 Å². The van der Waals surface area contributed by atoms with E-state index in [1.54, 1.807) is 0 Å². The number of hydrogen-bond donors (Lipinski definition) is 0. The lowest BCUT2D eigenvalue weighted by atomic mass is 9.94. The summed E-state index contributed by atoms with van der Waals surface area (Å²) in [5, 5.41) is 0. The molecule has 0 N–H and O–H groups in total. The van der Waals surface area contributed by atoms with E-state index in [9.17, 15) is 4.79 Å². The van der Waals surface area contributed by atoms with Crippen LogP contribution >= 0.6 is 0 Å². The fourth-order valence-electron chi connectivity index (χ4n) is 2.34. The third-order valence-electron chi connectivity index (χ3n) is 3.66. The standard InChI is InChI=1S/C15H23NO/c1-2-16(15(17)14-10-11-14)12-6-9-13-7-4-3-5-8-13/h3-4,6,9,13-14H,2,5,7-8,10-12H2,1H3/b9-6-. The molecule has 2 aliphatic carbocycles. The Bertz CT molecular complexity index is 315. The van der Waals surface area contributed by atoms with Gasteiger partial charge in [0.15, 0.2) is 0 Å². The molecule has 1 atom stereocenters. The maximum absolute atomic E-state index is 11.9. The first-order valence-corrected chi connectivity index (χ1v) is 6.91. The lowest BCUT2D eigenvalue weighted by molar-refractivity contribution is -0.131. The number of carbonyl (C=O) groups excluding carboxylic acids is 1. The molecular formula is C15H23NO. The van der Waals surface area contributed by atoms with Gasteiger partial charge in [0.05, 0.1) is 0 Å². The molecule has 0 aromatic rings. The maximum atomic E-state index is 11.9. The lowest BCUT2D eigenvalue weighted by Crippen LogP contribution is -2.32. The first-order valence-electron chi connectivity index (χ1n) is 6.91. The normalized spacial score (nSPS) is 24.2. The molecular weight excluding hydrogens is 210 g/mol. The van der Waals surface area contributed by atoms with Crippen LogP contribution in [0.2, 0.25) is 0 Å². The minimum absolute atomic E-state index is 0.348. The minimum atomic E-state index is 0.348. The molecule has 0 aromatic carbocycles. The van der Waals surface area contributed by atoms with Crippen molar-refractivity contribution in [1.82, 2.24) is 4.90 Å². The van der Waals surface area contributed by atoms with Crippen molar-refractivity contribution in [2.24, 2.45) is 11.8 Å². The summed E-state index contributed by atoms with van der Waals surface area (Å²) < 4.78 is 0. The van der Waals surface area contributed by atoms with Crippen molar-refractivity contribution in [3.8, 4) is 0 Å². The highest BCUT2D eigenvalue weighted by molar-refractivity contribution is 5.81. The molecule has 1 amide bonds. The third kappa shape index (κ3) is 3.72. The number of allylic oxidation sites excluding steroid dienone is 3. The van der Waals surface area contributed by atoms with Gasteiger partial charge in [0.25, 0.3) is 0 Å². The Balaban J connectivity index is 1.76. The number of hydrogen-bond acceptors (Lipinski definition) is 1. The number of amides is 1. The fourth-order valence-corrected chi connectivity index (χ4v) is 2.34. The molecule has 0 aliphatic heterocycles. The van der Waals surface area contributed by atoms with E-state index in [4.69, 9.17) is 0 Å². The summed E-state index contributed by atoms with van der Waals surface area (Å²) in [7, 11) is 0. The van der Waals surface area contributed by atoms with Crippen LogP contribution in [0.3, 0.4) is 0 Å². The predicted molar refractivity (Wildman–Crippen MR) is 70.6 cm³/mol. The Kier molecular flexibility index (Phi) is 4.41. The van der Waals surface area contributed by atoms with Crippen molar-refractivity contribution in [3.05, 3.63) is 24.3 Å². The van der Waals surface area contributed by atoms with Crippen LogP contribution in [-0.4, -0.2) is 23.9 Å². The van der Waals surface area contributed by atoms with E-state index in [1.807, 2.05) is 4.90 Å². The Morgan fingerprint density at radius 2 is 2.18 bits per heavy atom. The highest BCUT2D eigenvalue weighted by Gasteiger charge is 2.32. The van der Waals surface area contributed by atoms with Gasteiger partial charge in [0.2, 0.25) is 5.91 Å². The van der Waals surface area contributed by atoms with Crippen LogP contribution in [0.5, 0.6) is 0 Å². The first-order chi connectivity index (χ1) is 8.31. The second kappa shape index (κ2) is 6.04. The second-order valence-electron chi connectivity index (χ2n) is 5.12. The van der Waals surface area contributed by atoms with Crippen LogP contribution in [0.1, 0.15) is 39.0 Å². The zero-order valence-electron chi connectivity index (χ0n) is 10.8. The van der Waals surface area contributed by atoms with Gasteiger partial charge in [-0.05, 0) is 44.9 Å². The predicted octanol–water partition coefficient (Wildman–Crippen LogP) is 3.16. The minimum Gasteiger partial charge on any atom is -0.339 e. The Morgan fingerprint density at radius 1 is 1.35 bits per heavy atom. The van der Waals surface area contributed by atoms with E-state index in [1.165, 1.54) is 19.3 Å². The molecule has 2 heteroatoms. The largest absolute Gasteiger partial charge is 0.339 e. The Labute approximate surface area is 104 Å². The van der Waals surface area contributed by atoms with Crippen LogP contribution in [0.25, 0.3) is 0 Å². The zero-order chi connectivity index (χ0) is 12.1. The topological polar surface area (TPSA) is 20.3 Å². The highest BCUT2D eigenvalue weighted by Crippen LogP contribution is 2.30. The Hall–Kier alpha value is -1.05. The number of nitrogens with zero attached hydrogens (tertiary/aromatic N) is 1. The number of carbonyl (C=O) groups is 1. The molecule has 1 fully saturated rings. The van der Waals surface area contributed by atoms with E-state index in [0.29, 0.717) is 17.7 Å². The van der Waals surface area contributed by atoms with Gasteiger partial charge in [0, 0.05) is 19.0 Å². The molecule has 0 saturated heterocycles. The van der Waals surface area contributed by atoms with E-state index >= 15 is 0 Å². The second-order valence-corrected chi connectivity index (χ2v) is 5.12. The molecule has 0 aromatic heterocycles. The summed E-state index contributed by atoms with van der Waals surface area (Å²) in [6.45, 7) is 3.70. The van der Waals surface area contributed by atoms with Crippen LogP contribution in [-0.2, 0) is 4.79 Å². The lowest BCUT2D eigenvalue weighted by Gasteiger charge is -2.19. The van der Waals surface area contributed by atoms with Crippen molar-refractivity contribution < 1.29 is 4.79 Å².